The van der Waals surface area contributed by atoms with E-state index in [2.05, 4.69) is 15.0 Å². The Hall–Kier alpha value is -3.74. The maximum absolute atomic E-state index is 13.1. The number of hydrogen-bond acceptors (Lipinski definition) is 4. The molecule has 25 heavy (non-hydrogen) atoms. The van der Waals surface area contributed by atoms with Crippen LogP contribution in [0.4, 0.5) is 16.2 Å². The van der Waals surface area contributed by atoms with E-state index in [1.807, 2.05) is 36.4 Å². The number of aromatic amines is 1. The number of benzene rings is 2. The molecule has 0 aliphatic rings. The van der Waals surface area contributed by atoms with Crippen LogP contribution in [0.1, 0.15) is 0 Å². The number of carbonyl (C=O) groups excluding carboxylic acids is 1. The molecule has 2 aromatic carbocycles. The summed E-state index contributed by atoms with van der Waals surface area (Å²) in [5.74, 6) is 0. The molecule has 0 radical (unpaired) electrons. The SMILES string of the molecule is O=C(N(c1ccccc1)c1ccccc1)n1cnc2nc[nH]c2c1=O. The molecule has 0 aliphatic carbocycles. The summed E-state index contributed by atoms with van der Waals surface area (Å²) in [4.78, 5) is 37.9. The molecule has 1 N–H and O–H groups in total. The van der Waals surface area contributed by atoms with E-state index in [1.165, 1.54) is 17.6 Å². The van der Waals surface area contributed by atoms with Crippen LogP contribution in [-0.4, -0.2) is 25.6 Å². The second kappa shape index (κ2) is 6.04. The van der Waals surface area contributed by atoms with Crippen molar-refractivity contribution in [3.05, 3.63) is 83.7 Å². The van der Waals surface area contributed by atoms with E-state index in [0.29, 0.717) is 11.4 Å². The predicted molar refractivity (Wildman–Crippen MR) is 94.0 cm³/mol. The van der Waals surface area contributed by atoms with Gasteiger partial charge in [-0.3, -0.25) is 9.69 Å². The number of fused-ring (bicyclic) bond motifs is 1. The van der Waals surface area contributed by atoms with Gasteiger partial charge >= 0.3 is 6.03 Å². The molecule has 4 rings (SSSR count). The third kappa shape index (κ3) is 2.57. The molecule has 1 amide bonds. The summed E-state index contributed by atoms with van der Waals surface area (Å²) in [6, 6.07) is 17.7. The molecule has 0 saturated heterocycles. The van der Waals surface area contributed by atoms with Crippen molar-refractivity contribution in [2.45, 2.75) is 0 Å². The van der Waals surface area contributed by atoms with Crippen molar-refractivity contribution in [3.8, 4) is 0 Å². The van der Waals surface area contributed by atoms with Gasteiger partial charge in [0.2, 0.25) is 0 Å². The predicted octanol–water partition coefficient (Wildman–Crippen LogP) is 2.93. The molecule has 0 fully saturated rings. The summed E-state index contributed by atoms with van der Waals surface area (Å²) in [7, 11) is 0. The van der Waals surface area contributed by atoms with Crippen LogP contribution in [-0.2, 0) is 0 Å². The molecule has 0 aliphatic heterocycles. The molecular formula is C18H13N5O2. The maximum atomic E-state index is 13.1. The summed E-state index contributed by atoms with van der Waals surface area (Å²) >= 11 is 0. The van der Waals surface area contributed by atoms with Gasteiger partial charge < -0.3 is 4.98 Å². The van der Waals surface area contributed by atoms with Gasteiger partial charge in [0.15, 0.2) is 11.2 Å². The lowest BCUT2D eigenvalue weighted by Gasteiger charge is -2.23. The van der Waals surface area contributed by atoms with Gasteiger partial charge in [0.1, 0.15) is 6.33 Å². The van der Waals surface area contributed by atoms with E-state index < -0.39 is 11.6 Å². The fourth-order valence-electron chi connectivity index (χ4n) is 2.60. The molecule has 7 nitrogen and oxygen atoms in total. The molecule has 4 aromatic rings. The summed E-state index contributed by atoms with van der Waals surface area (Å²) in [5.41, 5.74) is 1.27. The van der Waals surface area contributed by atoms with E-state index in [1.54, 1.807) is 24.3 Å². The van der Waals surface area contributed by atoms with Gasteiger partial charge in [0.25, 0.3) is 5.56 Å². The zero-order valence-electron chi connectivity index (χ0n) is 13.0. The molecule has 0 spiro atoms. The van der Waals surface area contributed by atoms with Gasteiger partial charge in [-0.25, -0.2) is 19.3 Å². The normalized spacial score (nSPS) is 10.7. The molecule has 0 saturated carbocycles. The highest BCUT2D eigenvalue weighted by Crippen LogP contribution is 2.25. The third-order valence-electron chi connectivity index (χ3n) is 3.77. The van der Waals surface area contributed by atoms with Crippen LogP contribution >= 0.6 is 0 Å². The Kier molecular flexibility index (Phi) is 3.59. The molecule has 122 valence electrons. The van der Waals surface area contributed by atoms with Gasteiger partial charge in [-0.2, -0.15) is 0 Å². The first-order chi connectivity index (χ1) is 12.3. The smallest absolute Gasteiger partial charge is 0.339 e. The lowest BCUT2D eigenvalue weighted by atomic mass is 10.2. The molecule has 7 heteroatoms. The molecule has 0 unspecified atom stereocenters. The Balaban J connectivity index is 1.88. The standard InChI is InChI=1S/C18H13N5O2/c24-17-15-16(20-11-19-15)21-12-22(17)18(25)23(13-7-3-1-4-8-13)14-9-5-2-6-10-14/h1-12H,(H,19,20). The number of nitrogens with zero attached hydrogens (tertiary/aromatic N) is 4. The van der Waals surface area contributed by atoms with E-state index in [-0.39, 0.29) is 11.2 Å². The van der Waals surface area contributed by atoms with Gasteiger partial charge in [0.05, 0.1) is 17.7 Å². The number of para-hydroxylation sites is 2. The van der Waals surface area contributed by atoms with E-state index in [9.17, 15) is 9.59 Å². The van der Waals surface area contributed by atoms with Crippen LogP contribution in [0.2, 0.25) is 0 Å². The van der Waals surface area contributed by atoms with Gasteiger partial charge in [-0.15, -0.1) is 0 Å². The fourth-order valence-corrected chi connectivity index (χ4v) is 2.60. The first-order valence-electron chi connectivity index (χ1n) is 7.61. The van der Waals surface area contributed by atoms with Crippen molar-refractivity contribution < 1.29 is 4.79 Å². The van der Waals surface area contributed by atoms with Crippen molar-refractivity contribution in [3.63, 3.8) is 0 Å². The maximum Gasteiger partial charge on any atom is 0.341 e. The minimum absolute atomic E-state index is 0.192. The van der Waals surface area contributed by atoms with Crippen LogP contribution in [0.5, 0.6) is 0 Å². The van der Waals surface area contributed by atoms with Crippen molar-refractivity contribution in [2.75, 3.05) is 4.90 Å². The van der Waals surface area contributed by atoms with E-state index >= 15 is 0 Å². The minimum atomic E-state index is -0.522. The van der Waals surface area contributed by atoms with Crippen LogP contribution < -0.4 is 10.5 Å². The number of imidazole rings is 1. The van der Waals surface area contributed by atoms with Crippen molar-refractivity contribution >= 4 is 28.6 Å². The van der Waals surface area contributed by atoms with Crippen LogP contribution in [0, 0.1) is 0 Å². The first-order valence-corrected chi connectivity index (χ1v) is 7.61. The molecular weight excluding hydrogens is 318 g/mol. The zero-order chi connectivity index (χ0) is 17.2. The van der Waals surface area contributed by atoms with Crippen LogP contribution in [0.3, 0.4) is 0 Å². The molecule has 0 atom stereocenters. The monoisotopic (exact) mass is 331 g/mol. The Morgan fingerprint density at radius 1 is 0.920 bits per heavy atom. The van der Waals surface area contributed by atoms with E-state index in [4.69, 9.17) is 0 Å². The molecule has 0 bridgehead atoms. The highest BCUT2D eigenvalue weighted by atomic mass is 16.2. The van der Waals surface area contributed by atoms with Crippen LogP contribution in [0.15, 0.2) is 78.1 Å². The van der Waals surface area contributed by atoms with Gasteiger partial charge in [-0.05, 0) is 24.3 Å². The Labute approximate surface area is 142 Å². The third-order valence-corrected chi connectivity index (χ3v) is 3.77. The summed E-state index contributed by atoms with van der Waals surface area (Å²) in [5, 5.41) is 0. The average Bonchev–Trinajstić information content (AvgIpc) is 3.14. The van der Waals surface area contributed by atoms with Gasteiger partial charge in [0, 0.05) is 0 Å². The van der Waals surface area contributed by atoms with Gasteiger partial charge in [-0.1, -0.05) is 36.4 Å². The number of amides is 1. The first kappa shape index (κ1) is 14.8. The minimum Gasteiger partial charge on any atom is -0.339 e. The highest BCUT2D eigenvalue weighted by molar-refractivity contribution is 6.01. The Bertz CT molecular complexity index is 1050. The zero-order valence-corrected chi connectivity index (χ0v) is 13.0. The quantitative estimate of drug-likeness (QED) is 0.612. The Morgan fingerprint density at radius 3 is 2.12 bits per heavy atom. The summed E-state index contributed by atoms with van der Waals surface area (Å²) < 4.78 is 0.973. The van der Waals surface area contributed by atoms with Crippen LogP contribution in [0.25, 0.3) is 11.2 Å². The number of rotatable bonds is 2. The fraction of sp³-hybridized carbons (Fsp3) is 0. The van der Waals surface area contributed by atoms with E-state index in [0.717, 1.165) is 4.57 Å². The number of anilines is 2. The second-order valence-corrected chi connectivity index (χ2v) is 5.31. The topological polar surface area (TPSA) is 83.9 Å². The number of nitrogens with one attached hydrogen (secondary N) is 1. The number of aromatic nitrogens is 4. The number of H-pyrrole nitrogens is 1. The lowest BCUT2D eigenvalue weighted by molar-refractivity contribution is 0.249. The molecule has 2 heterocycles. The van der Waals surface area contributed by atoms with Crippen molar-refractivity contribution in [1.82, 2.24) is 19.5 Å². The molecule has 2 aromatic heterocycles. The Morgan fingerprint density at radius 2 is 1.52 bits per heavy atom. The summed E-state index contributed by atoms with van der Waals surface area (Å²) in [6.07, 6.45) is 2.58. The highest BCUT2D eigenvalue weighted by Gasteiger charge is 2.22. The van der Waals surface area contributed by atoms with Crippen molar-refractivity contribution in [1.29, 1.82) is 0 Å². The summed E-state index contributed by atoms with van der Waals surface area (Å²) in [6.45, 7) is 0. The number of carbonyl (C=O) groups is 1. The second-order valence-electron chi connectivity index (χ2n) is 5.31. The lowest BCUT2D eigenvalue weighted by Crippen LogP contribution is -2.37. The van der Waals surface area contributed by atoms with Crippen molar-refractivity contribution in [2.24, 2.45) is 0 Å². The number of hydrogen-bond donors (Lipinski definition) is 1. The average molecular weight is 331 g/mol. The largest absolute Gasteiger partial charge is 0.341 e.